The number of hydrogen-bond donors (Lipinski definition) is 3. The van der Waals surface area contributed by atoms with Crippen LogP contribution in [-0.2, 0) is 22.7 Å². The molecule has 2 bridgehead atoms. The minimum atomic E-state index is -0.558. The number of piperidine rings is 1. The summed E-state index contributed by atoms with van der Waals surface area (Å²) in [6.07, 6.45) is 4.21. The predicted molar refractivity (Wildman–Crippen MR) is 102 cm³/mol. The van der Waals surface area contributed by atoms with Crippen molar-refractivity contribution in [3.63, 3.8) is 0 Å². The number of hydrogen-bond acceptors (Lipinski definition) is 5. The van der Waals surface area contributed by atoms with Gasteiger partial charge in [-0.3, -0.25) is 19.7 Å². The van der Waals surface area contributed by atoms with Crippen LogP contribution in [0.15, 0.2) is 18.2 Å². The van der Waals surface area contributed by atoms with Crippen LogP contribution in [0.3, 0.4) is 0 Å². The average molecular weight is 382 g/mol. The molecule has 0 radical (unpaired) electrons. The number of carbonyl (C=O) groups excluding carboxylic acids is 3. The highest BCUT2D eigenvalue weighted by Crippen LogP contribution is 2.43. The second kappa shape index (κ2) is 6.67. The monoisotopic (exact) mass is 382 g/mol. The first kappa shape index (κ1) is 17.8. The molecule has 4 aliphatic rings. The molecule has 7 heteroatoms. The van der Waals surface area contributed by atoms with Gasteiger partial charge < -0.3 is 16.0 Å². The highest BCUT2D eigenvalue weighted by Gasteiger charge is 2.44. The van der Waals surface area contributed by atoms with Gasteiger partial charge in [0, 0.05) is 37.2 Å². The van der Waals surface area contributed by atoms with E-state index in [9.17, 15) is 14.4 Å². The predicted octanol–water partition coefficient (Wildman–Crippen LogP) is 0.663. The zero-order chi connectivity index (χ0) is 19.4. The van der Waals surface area contributed by atoms with Crippen LogP contribution in [-0.4, -0.2) is 40.7 Å². The van der Waals surface area contributed by atoms with E-state index in [0.29, 0.717) is 42.4 Å². The minimum absolute atomic E-state index is 0.119. The quantitative estimate of drug-likeness (QED) is 0.664. The maximum Gasteiger partial charge on any atom is 0.255 e. The summed E-state index contributed by atoms with van der Waals surface area (Å²) in [5.41, 5.74) is 8.93. The van der Waals surface area contributed by atoms with E-state index in [2.05, 4.69) is 16.7 Å². The maximum absolute atomic E-state index is 12.8. The summed E-state index contributed by atoms with van der Waals surface area (Å²) in [7, 11) is 0. The van der Waals surface area contributed by atoms with Crippen LogP contribution in [0.1, 0.15) is 53.6 Å². The number of fused-ring (bicyclic) bond motifs is 3. The SMILES string of the molecule is NC1CC2CC1CC2NCc1ccc2c(c1)CN(C1CCC(=O)NC1=O)C2=O. The number of nitrogens with one attached hydrogen (secondary N) is 2. The summed E-state index contributed by atoms with van der Waals surface area (Å²) >= 11 is 0. The van der Waals surface area contributed by atoms with Crippen molar-refractivity contribution in [1.29, 1.82) is 0 Å². The summed E-state index contributed by atoms with van der Waals surface area (Å²) in [4.78, 5) is 37.9. The molecule has 2 aliphatic heterocycles. The molecule has 28 heavy (non-hydrogen) atoms. The Hall–Kier alpha value is -2.25. The lowest BCUT2D eigenvalue weighted by atomic mass is 9.91. The van der Waals surface area contributed by atoms with Crippen molar-refractivity contribution >= 4 is 17.7 Å². The molecule has 3 fully saturated rings. The number of carbonyl (C=O) groups is 3. The first-order valence-electron chi connectivity index (χ1n) is 10.2. The molecule has 0 aromatic heterocycles. The van der Waals surface area contributed by atoms with Crippen molar-refractivity contribution in [2.75, 3.05) is 0 Å². The number of imide groups is 1. The lowest BCUT2D eigenvalue weighted by Gasteiger charge is -2.29. The Labute approximate surface area is 164 Å². The Balaban J connectivity index is 1.24. The van der Waals surface area contributed by atoms with Gasteiger partial charge in [0.15, 0.2) is 0 Å². The zero-order valence-electron chi connectivity index (χ0n) is 15.8. The van der Waals surface area contributed by atoms with Crippen LogP contribution in [0.25, 0.3) is 0 Å². The van der Waals surface area contributed by atoms with Crippen LogP contribution in [0.2, 0.25) is 0 Å². The molecule has 5 atom stereocenters. The second-order valence-electron chi connectivity index (χ2n) is 8.77. The van der Waals surface area contributed by atoms with E-state index in [0.717, 1.165) is 24.1 Å². The summed E-state index contributed by atoms with van der Waals surface area (Å²) < 4.78 is 0. The van der Waals surface area contributed by atoms with Crippen molar-refractivity contribution < 1.29 is 14.4 Å². The molecular formula is C21H26N4O3. The van der Waals surface area contributed by atoms with Gasteiger partial charge in [-0.1, -0.05) is 12.1 Å². The van der Waals surface area contributed by atoms with E-state index in [1.54, 1.807) is 4.90 Å². The fourth-order valence-electron chi connectivity index (χ4n) is 5.56. The molecule has 1 aromatic carbocycles. The van der Waals surface area contributed by atoms with Crippen molar-refractivity contribution in [3.05, 3.63) is 34.9 Å². The standard InChI is InChI=1S/C21H26N4O3/c22-16-7-13-6-12(16)8-17(13)23-9-11-1-2-15-14(5-11)10-25(21(15)28)18-3-4-19(26)24-20(18)27/h1-2,5,12-13,16-18,23H,3-4,6-10,22H2,(H,24,26,27). The molecule has 5 unspecified atom stereocenters. The van der Waals surface area contributed by atoms with Gasteiger partial charge >= 0.3 is 0 Å². The molecular weight excluding hydrogens is 356 g/mol. The first-order chi connectivity index (χ1) is 13.5. The third kappa shape index (κ3) is 2.93. The molecule has 1 saturated heterocycles. The van der Waals surface area contributed by atoms with Crippen molar-refractivity contribution in [1.82, 2.24) is 15.5 Å². The van der Waals surface area contributed by atoms with Gasteiger partial charge in [-0.25, -0.2) is 0 Å². The second-order valence-corrected chi connectivity index (χ2v) is 8.77. The number of nitrogens with zero attached hydrogens (tertiary/aromatic N) is 1. The van der Waals surface area contributed by atoms with Crippen molar-refractivity contribution in [2.45, 2.75) is 63.3 Å². The summed E-state index contributed by atoms with van der Waals surface area (Å²) in [6.45, 7) is 1.21. The van der Waals surface area contributed by atoms with Crippen molar-refractivity contribution in [3.8, 4) is 0 Å². The zero-order valence-corrected chi connectivity index (χ0v) is 15.8. The number of benzene rings is 1. The van der Waals surface area contributed by atoms with Gasteiger partial charge in [0.1, 0.15) is 6.04 Å². The normalized spacial score (nSPS) is 34.1. The van der Waals surface area contributed by atoms with Crippen molar-refractivity contribution in [2.24, 2.45) is 17.6 Å². The van der Waals surface area contributed by atoms with Crippen LogP contribution < -0.4 is 16.4 Å². The van der Waals surface area contributed by atoms with E-state index in [1.165, 1.54) is 12.8 Å². The Morgan fingerprint density at radius 3 is 2.71 bits per heavy atom. The highest BCUT2D eigenvalue weighted by atomic mass is 16.2. The van der Waals surface area contributed by atoms with E-state index < -0.39 is 6.04 Å². The topological polar surface area (TPSA) is 105 Å². The summed E-state index contributed by atoms with van der Waals surface area (Å²) in [5.74, 6) is 0.612. The van der Waals surface area contributed by atoms with Gasteiger partial charge in [-0.05, 0) is 54.7 Å². The van der Waals surface area contributed by atoms with Crippen LogP contribution in [0.5, 0.6) is 0 Å². The molecule has 2 saturated carbocycles. The number of nitrogens with two attached hydrogens (primary N) is 1. The molecule has 148 valence electrons. The minimum Gasteiger partial charge on any atom is -0.327 e. The van der Waals surface area contributed by atoms with Gasteiger partial charge in [0.05, 0.1) is 0 Å². The fourth-order valence-corrected chi connectivity index (χ4v) is 5.56. The van der Waals surface area contributed by atoms with E-state index in [1.807, 2.05) is 12.1 Å². The van der Waals surface area contributed by atoms with Gasteiger partial charge in [-0.2, -0.15) is 0 Å². The summed E-state index contributed by atoms with van der Waals surface area (Å²) in [5, 5.41) is 6.03. The van der Waals surface area contributed by atoms with E-state index >= 15 is 0 Å². The Bertz CT molecular complexity index is 852. The highest BCUT2D eigenvalue weighted by molar-refractivity contribution is 6.05. The first-order valence-corrected chi connectivity index (χ1v) is 10.2. The third-order valence-corrected chi connectivity index (χ3v) is 7.07. The Kier molecular flexibility index (Phi) is 4.25. The lowest BCUT2D eigenvalue weighted by molar-refractivity contribution is -0.136. The molecule has 1 aromatic rings. The molecule has 0 spiro atoms. The van der Waals surface area contributed by atoms with E-state index in [-0.39, 0.29) is 24.1 Å². The fraction of sp³-hybridized carbons (Fsp3) is 0.571. The largest absolute Gasteiger partial charge is 0.327 e. The summed E-state index contributed by atoms with van der Waals surface area (Å²) in [6, 6.07) is 6.31. The molecule has 2 aliphatic carbocycles. The number of rotatable bonds is 4. The average Bonchev–Trinajstić information content (AvgIpc) is 3.32. The van der Waals surface area contributed by atoms with Crippen LogP contribution >= 0.6 is 0 Å². The smallest absolute Gasteiger partial charge is 0.255 e. The van der Waals surface area contributed by atoms with Gasteiger partial charge in [0.2, 0.25) is 11.8 Å². The maximum atomic E-state index is 12.8. The molecule has 7 nitrogen and oxygen atoms in total. The lowest BCUT2D eigenvalue weighted by Crippen LogP contribution is -2.52. The molecule has 5 rings (SSSR count). The molecule has 3 amide bonds. The van der Waals surface area contributed by atoms with Gasteiger partial charge in [0.25, 0.3) is 5.91 Å². The van der Waals surface area contributed by atoms with Gasteiger partial charge in [-0.15, -0.1) is 0 Å². The van der Waals surface area contributed by atoms with Crippen LogP contribution in [0.4, 0.5) is 0 Å². The van der Waals surface area contributed by atoms with Crippen LogP contribution in [0, 0.1) is 11.8 Å². The molecule has 4 N–H and O–H groups in total. The molecule has 2 heterocycles. The third-order valence-electron chi connectivity index (χ3n) is 7.07. The Morgan fingerprint density at radius 1 is 1.14 bits per heavy atom. The van der Waals surface area contributed by atoms with E-state index in [4.69, 9.17) is 5.73 Å². The number of amides is 3. The Morgan fingerprint density at radius 2 is 2.00 bits per heavy atom.